The molecule has 1 saturated carbocycles. The molecule has 1 unspecified atom stereocenters. The second-order valence-electron chi connectivity index (χ2n) is 7.16. The van der Waals surface area contributed by atoms with Crippen molar-refractivity contribution >= 4 is 29.3 Å². The maximum atomic E-state index is 12.9. The first kappa shape index (κ1) is 20.5. The van der Waals surface area contributed by atoms with Crippen molar-refractivity contribution in [3.05, 3.63) is 18.2 Å². The van der Waals surface area contributed by atoms with E-state index in [1.165, 1.54) is 16.7 Å². The van der Waals surface area contributed by atoms with Gasteiger partial charge in [-0.25, -0.2) is 4.68 Å². The molecular formula is C19H24N6O4S. The van der Waals surface area contributed by atoms with Crippen molar-refractivity contribution in [2.75, 3.05) is 31.6 Å². The molecule has 4 rings (SSSR count). The molecule has 1 aliphatic carbocycles. The number of anilines is 1. The first-order valence-corrected chi connectivity index (χ1v) is 10.9. The average molecular weight is 433 g/mol. The molecule has 30 heavy (non-hydrogen) atoms. The van der Waals surface area contributed by atoms with E-state index in [0.717, 1.165) is 12.8 Å². The van der Waals surface area contributed by atoms with Gasteiger partial charge < -0.3 is 19.7 Å². The number of carbonyl (C=O) groups is 2. The Balaban J connectivity index is 1.34. The number of benzene rings is 1. The van der Waals surface area contributed by atoms with Gasteiger partial charge in [-0.05, 0) is 49.2 Å². The summed E-state index contributed by atoms with van der Waals surface area (Å²) in [5.74, 6) is 0.844. The van der Waals surface area contributed by atoms with Crippen LogP contribution in [0.25, 0.3) is 0 Å². The van der Waals surface area contributed by atoms with Crippen LogP contribution in [0.2, 0.25) is 0 Å². The number of aromatic nitrogens is 4. The van der Waals surface area contributed by atoms with E-state index in [0.29, 0.717) is 48.1 Å². The monoisotopic (exact) mass is 432 g/mol. The molecule has 1 aromatic heterocycles. The Labute approximate surface area is 178 Å². The van der Waals surface area contributed by atoms with Crippen LogP contribution in [-0.4, -0.2) is 68.5 Å². The van der Waals surface area contributed by atoms with E-state index in [1.54, 1.807) is 29.8 Å². The molecule has 1 aromatic carbocycles. The molecule has 160 valence electrons. The Hall–Kier alpha value is -2.82. The predicted octanol–water partition coefficient (Wildman–Crippen LogP) is 1.75. The third kappa shape index (κ3) is 4.66. The first-order chi connectivity index (χ1) is 14.5. The maximum absolute atomic E-state index is 12.9. The number of nitrogens with zero attached hydrogens (tertiary/aromatic N) is 5. The van der Waals surface area contributed by atoms with Crippen molar-refractivity contribution in [1.29, 1.82) is 0 Å². The highest BCUT2D eigenvalue weighted by Crippen LogP contribution is 2.37. The number of fused-ring (bicyclic) bond motifs is 1. The van der Waals surface area contributed by atoms with Crippen molar-refractivity contribution < 1.29 is 19.1 Å². The lowest BCUT2D eigenvalue weighted by Crippen LogP contribution is -2.41. The van der Waals surface area contributed by atoms with Crippen LogP contribution in [0.3, 0.4) is 0 Å². The quantitative estimate of drug-likeness (QED) is 0.628. The van der Waals surface area contributed by atoms with Crippen LogP contribution >= 0.6 is 11.8 Å². The van der Waals surface area contributed by atoms with E-state index in [1.807, 2.05) is 6.92 Å². The number of ether oxygens (including phenoxy) is 2. The summed E-state index contributed by atoms with van der Waals surface area (Å²) in [6.45, 7) is 5.02. The summed E-state index contributed by atoms with van der Waals surface area (Å²) in [5, 5.41) is 14.8. The van der Waals surface area contributed by atoms with Gasteiger partial charge in [0.1, 0.15) is 13.2 Å². The second-order valence-corrected chi connectivity index (χ2v) is 8.46. The fourth-order valence-corrected chi connectivity index (χ4v) is 4.06. The fraction of sp³-hybridized carbons (Fsp3) is 0.526. The van der Waals surface area contributed by atoms with E-state index in [-0.39, 0.29) is 18.4 Å². The molecule has 2 amide bonds. The Kier molecular flexibility index (Phi) is 6.07. The van der Waals surface area contributed by atoms with Gasteiger partial charge in [-0.15, -0.1) is 5.10 Å². The Morgan fingerprint density at radius 3 is 2.80 bits per heavy atom. The minimum Gasteiger partial charge on any atom is -0.486 e. The Morgan fingerprint density at radius 2 is 2.07 bits per heavy atom. The van der Waals surface area contributed by atoms with E-state index in [2.05, 4.69) is 20.8 Å². The van der Waals surface area contributed by atoms with Gasteiger partial charge in [-0.1, -0.05) is 11.8 Å². The Morgan fingerprint density at radius 1 is 1.30 bits per heavy atom. The molecule has 1 N–H and O–H groups in total. The van der Waals surface area contributed by atoms with Crippen molar-refractivity contribution in [3.63, 3.8) is 0 Å². The van der Waals surface area contributed by atoms with Crippen LogP contribution in [0.4, 0.5) is 5.69 Å². The molecule has 2 aromatic rings. The number of amides is 2. The van der Waals surface area contributed by atoms with Gasteiger partial charge in [-0.2, -0.15) is 0 Å². The van der Waals surface area contributed by atoms with E-state index in [9.17, 15) is 9.59 Å². The molecule has 2 aliphatic rings. The predicted molar refractivity (Wildman–Crippen MR) is 110 cm³/mol. The van der Waals surface area contributed by atoms with Crippen LogP contribution in [-0.2, 0) is 9.59 Å². The summed E-state index contributed by atoms with van der Waals surface area (Å²) < 4.78 is 12.8. The summed E-state index contributed by atoms with van der Waals surface area (Å²) in [4.78, 5) is 26.9. The highest BCUT2D eigenvalue weighted by molar-refractivity contribution is 8.00. The molecule has 11 heteroatoms. The van der Waals surface area contributed by atoms with E-state index >= 15 is 0 Å². The molecule has 1 aliphatic heterocycles. The van der Waals surface area contributed by atoms with Gasteiger partial charge in [-0.3, -0.25) is 9.59 Å². The molecule has 10 nitrogen and oxygen atoms in total. The number of hydrogen-bond acceptors (Lipinski definition) is 8. The van der Waals surface area contributed by atoms with Gasteiger partial charge in [0.25, 0.3) is 0 Å². The normalized spacial score (nSPS) is 16.1. The SMILES string of the molecule is CCN(CC(=O)Nc1ccc2c(c1)OCCO2)C(=O)C(C)Sc1nnnn1C1CC1. The number of nitrogens with one attached hydrogen (secondary N) is 1. The fourth-order valence-electron chi connectivity index (χ4n) is 3.12. The van der Waals surface area contributed by atoms with Gasteiger partial charge in [0, 0.05) is 18.3 Å². The number of carbonyl (C=O) groups excluding carboxylic acids is 2. The van der Waals surface area contributed by atoms with Gasteiger partial charge >= 0.3 is 0 Å². The van der Waals surface area contributed by atoms with Crippen LogP contribution in [0.15, 0.2) is 23.4 Å². The minimum atomic E-state index is -0.407. The number of thioether (sulfide) groups is 1. The van der Waals surface area contributed by atoms with Crippen LogP contribution in [0.5, 0.6) is 11.5 Å². The zero-order chi connectivity index (χ0) is 21.1. The minimum absolute atomic E-state index is 0.0394. The van der Waals surface area contributed by atoms with Crippen molar-refractivity contribution in [2.24, 2.45) is 0 Å². The molecule has 1 fully saturated rings. The summed E-state index contributed by atoms with van der Waals surface area (Å²) in [6.07, 6.45) is 2.12. The average Bonchev–Trinajstić information content (AvgIpc) is 3.50. The molecule has 2 heterocycles. The molecule has 0 spiro atoms. The third-order valence-electron chi connectivity index (χ3n) is 4.84. The number of likely N-dealkylation sites (N-methyl/N-ethyl adjacent to an activating group) is 1. The highest BCUT2D eigenvalue weighted by atomic mass is 32.2. The van der Waals surface area contributed by atoms with Crippen LogP contribution in [0.1, 0.15) is 32.7 Å². The number of hydrogen-bond donors (Lipinski definition) is 1. The topological polar surface area (TPSA) is 111 Å². The summed E-state index contributed by atoms with van der Waals surface area (Å²) >= 11 is 1.32. The van der Waals surface area contributed by atoms with Gasteiger partial charge in [0.2, 0.25) is 17.0 Å². The molecule has 1 atom stereocenters. The lowest BCUT2D eigenvalue weighted by Gasteiger charge is -2.23. The van der Waals surface area contributed by atoms with Gasteiger partial charge in [0.15, 0.2) is 11.5 Å². The molecule has 0 radical (unpaired) electrons. The van der Waals surface area contributed by atoms with Crippen LogP contribution < -0.4 is 14.8 Å². The van der Waals surface area contributed by atoms with E-state index in [4.69, 9.17) is 9.47 Å². The first-order valence-electron chi connectivity index (χ1n) is 9.98. The lowest BCUT2D eigenvalue weighted by atomic mass is 10.2. The summed E-state index contributed by atoms with van der Waals surface area (Å²) in [7, 11) is 0. The zero-order valence-electron chi connectivity index (χ0n) is 16.9. The Bertz CT molecular complexity index is 931. The highest BCUT2D eigenvalue weighted by Gasteiger charge is 2.30. The maximum Gasteiger partial charge on any atom is 0.243 e. The summed E-state index contributed by atoms with van der Waals surface area (Å²) in [5.41, 5.74) is 0.596. The largest absolute Gasteiger partial charge is 0.486 e. The van der Waals surface area contributed by atoms with Gasteiger partial charge in [0.05, 0.1) is 17.8 Å². The molecule has 0 bridgehead atoms. The zero-order valence-corrected chi connectivity index (χ0v) is 17.7. The molecule has 0 saturated heterocycles. The second kappa shape index (κ2) is 8.90. The van der Waals surface area contributed by atoms with Crippen molar-refractivity contribution in [2.45, 2.75) is 43.1 Å². The smallest absolute Gasteiger partial charge is 0.243 e. The van der Waals surface area contributed by atoms with Crippen molar-refractivity contribution in [1.82, 2.24) is 25.1 Å². The van der Waals surface area contributed by atoms with E-state index < -0.39 is 5.25 Å². The lowest BCUT2D eigenvalue weighted by molar-refractivity contribution is -0.133. The summed E-state index contributed by atoms with van der Waals surface area (Å²) in [6, 6.07) is 5.57. The standard InChI is InChI=1S/C19H24N6O4S/c1-3-24(18(27)12(2)30-19-21-22-23-25(19)14-5-6-14)11-17(26)20-13-4-7-15-16(10-13)29-9-8-28-15/h4,7,10,12,14H,3,5-6,8-9,11H2,1-2H3,(H,20,26). The number of tetrazole rings is 1. The number of rotatable bonds is 8. The third-order valence-corrected chi connectivity index (χ3v) is 5.87. The van der Waals surface area contributed by atoms with Crippen LogP contribution in [0, 0.1) is 0 Å². The van der Waals surface area contributed by atoms with Crippen molar-refractivity contribution in [3.8, 4) is 11.5 Å². The molecular weight excluding hydrogens is 408 g/mol.